The van der Waals surface area contributed by atoms with Crippen LogP contribution in [0.15, 0.2) is 95.4 Å². The van der Waals surface area contributed by atoms with Crippen LogP contribution in [0, 0.1) is 20.8 Å². The van der Waals surface area contributed by atoms with E-state index in [1.807, 2.05) is 80.7 Å². The molecule has 0 aliphatic rings. The monoisotopic (exact) mass is 623 g/mol. The molecular weight excluding hydrogens is 594 g/mol. The van der Waals surface area contributed by atoms with Crippen molar-refractivity contribution in [2.24, 2.45) is 5.10 Å². The van der Waals surface area contributed by atoms with Gasteiger partial charge in [0.25, 0.3) is 11.8 Å². The first kappa shape index (κ1) is 30.5. The van der Waals surface area contributed by atoms with Gasteiger partial charge in [-0.1, -0.05) is 47.5 Å². The molecule has 1 aromatic heterocycles. The van der Waals surface area contributed by atoms with Crippen LogP contribution >= 0.6 is 22.9 Å². The SMILES string of the molecule is Cc1ccc(Nc2nc(-c3ccc(C(=O)N/N=C/c4cc(Cl)ccc4OCC(=O)Nc4ccc(C)c(C)c4)cc3)cs2)cc1. The average molecular weight is 624 g/mol. The number of amides is 2. The van der Waals surface area contributed by atoms with Gasteiger partial charge in [-0.15, -0.1) is 11.3 Å². The van der Waals surface area contributed by atoms with E-state index < -0.39 is 0 Å². The molecule has 0 fully saturated rings. The quantitative estimate of drug-likeness (QED) is 0.108. The minimum Gasteiger partial charge on any atom is -0.483 e. The second-order valence-corrected chi connectivity index (χ2v) is 11.4. The van der Waals surface area contributed by atoms with Crippen molar-refractivity contribution >= 4 is 57.5 Å². The van der Waals surface area contributed by atoms with Gasteiger partial charge in [0.05, 0.1) is 11.9 Å². The Hall–Kier alpha value is -4.99. The van der Waals surface area contributed by atoms with E-state index >= 15 is 0 Å². The van der Waals surface area contributed by atoms with E-state index in [1.165, 1.54) is 23.1 Å². The number of ether oxygens (including phenoxy) is 1. The number of benzene rings is 4. The number of hydrogen-bond donors (Lipinski definition) is 3. The summed E-state index contributed by atoms with van der Waals surface area (Å²) in [6.45, 7) is 5.83. The Morgan fingerprint density at radius 2 is 1.66 bits per heavy atom. The van der Waals surface area contributed by atoms with Gasteiger partial charge in [0, 0.05) is 38.5 Å². The third-order valence-corrected chi connectivity index (χ3v) is 7.73. The lowest BCUT2D eigenvalue weighted by molar-refractivity contribution is -0.118. The van der Waals surface area contributed by atoms with Crippen molar-refractivity contribution in [2.75, 3.05) is 17.2 Å². The zero-order valence-electron chi connectivity index (χ0n) is 24.4. The molecule has 4 aromatic carbocycles. The number of aromatic nitrogens is 1. The number of aryl methyl sites for hydroxylation is 3. The molecule has 222 valence electrons. The molecule has 0 unspecified atom stereocenters. The molecular formula is C34H30ClN5O3S. The first-order valence-electron chi connectivity index (χ1n) is 13.8. The van der Waals surface area contributed by atoms with Crippen molar-refractivity contribution in [3.63, 3.8) is 0 Å². The molecule has 0 radical (unpaired) electrons. The van der Waals surface area contributed by atoms with Gasteiger partial charge in [0.2, 0.25) is 0 Å². The van der Waals surface area contributed by atoms with Crippen LogP contribution < -0.4 is 20.8 Å². The Morgan fingerprint density at radius 3 is 2.41 bits per heavy atom. The fourth-order valence-electron chi connectivity index (χ4n) is 4.15. The van der Waals surface area contributed by atoms with E-state index in [2.05, 4.69) is 26.1 Å². The molecule has 44 heavy (non-hydrogen) atoms. The number of rotatable bonds is 10. The third-order valence-electron chi connectivity index (χ3n) is 6.74. The van der Waals surface area contributed by atoms with Crippen molar-refractivity contribution in [1.29, 1.82) is 0 Å². The number of hydrogen-bond acceptors (Lipinski definition) is 7. The van der Waals surface area contributed by atoms with Gasteiger partial charge >= 0.3 is 0 Å². The minimum absolute atomic E-state index is 0.212. The molecule has 0 saturated heterocycles. The fraction of sp³-hybridized carbons (Fsp3) is 0.118. The van der Waals surface area contributed by atoms with Crippen molar-refractivity contribution in [2.45, 2.75) is 20.8 Å². The molecule has 5 rings (SSSR count). The highest BCUT2D eigenvalue weighted by molar-refractivity contribution is 7.14. The van der Waals surface area contributed by atoms with Gasteiger partial charge in [-0.3, -0.25) is 9.59 Å². The molecule has 0 atom stereocenters. The number of nitrogens with one attached hydrogen (secondary N) is 3. The maximum atomic E-state index is 12.7. The van der Waals surface area contributed by atoms with Crippen molar-refractivity contribution in [1.82, 2.24) is 10.4 Å². The number of hydrazone groups is 1. The predicted molar refractivity (Wildman–Crippen MR) is 179 cm³/mol. The summed E-state index contributed by atoms with van der Waals surface area (Å²) >= 11 is 7.68. The van der Waals surface area contributed by atoms with Crippen LogP contribution in [0.4, 0.5) is 16.5 Å². The van der Waals surface area contributed by atoms with E-state index in [9.17, 15) is 9.59 Å². The lowest BCUT2D eigenvalue weighted by Crippen LogP contribution is -2.21. The average Bonchev–Trinajstić information content (AvgIpc) is 3.48. The van der Waals surface area contributed by atoms with Gasteiger partial charge in [-0.25, -0.2) is 10.4 Å². The molecule has 2 amide bonds. The van der Waals surface area contributed by atoms with Crippen molar-refractivity contribution in [3.8, 4) is 17.0 Å². The van der Waals surface area contributed by atoms with E-state index in [0.29, 0.717) is 27.6 Å². The Kier molecular flexibility index (Phi) is 9.69. The van der Waals surface area contributed by atoms with E-state index in [0.717, 1.165) is 33.2 Å². The summed E-state index contributed by atoms with van der Waals surface area (Å²) in [5.74, 6) is -0.296. The molecule has 8 nitrogen and oxygen atoms in total. The molecule has 0 aliphatic heterocycles. The lowest BCUT2D eigenvalue weighted by atomic mass is 10.1. The highest BCUT2D eigenvalue weighted by Crippen LogP contribution is 2.28. The van der Waals surface area contributed by atoms with Crippen LogP contribution in [0.25, 0.3) is 11.3 Å². The van der Waals surface area contributed by atoms with Gasteiger partial charge in [0.15, 0.2) is 11.7 Å². The smallest absolute Gasteiger partial charge is 0.271 e. The zero-order valence-corrected chi connectivity index (χ0v) is 25.9. The topological polar surface area (TPSA) is 105 Å². The molecule has 1 heterocycles. The van der Waals surface area contributed by atoms with Gasteiger partial charge in [0.1, 0.15) is 5.75 Å². The third kappa shape index (κ3) is 8.09. The predicted octanol–water partition coefficient (Wildman–Crippen LogP) is 7.91. The standard InChI is InChI=1S/C34H30ClN5O3S/c1-21-4-12-28(13-5-21)38-34-39-30(20-44-34)24-7-9-25(10-8-24)33(42)40-36-18-26-17-27(35)11-15-31(26)43-19-32(41)37-29-14-6-22(2)23(3)16-29/h4-18,20H,19H2,1-3H3,(H,37,41)(H,38,39)(H,40,42)/b36-18+. The first-order chi connectivity index (χ1) is 21.2. The molecule has 5 aromatic rings. The maximum Gasteiger partial charge on any atom is 0.271 e. The highest BCUT2D eigenvalue weighted by Gasteiger charge is 2.10. The van der Waals surface area contributed by atoms with Gasteiger partial charge in [-0.2, -0.15) is 5.10 Å². The van der Waals surface area contributed by atoms with Gasteiger partial charge in [-0.05, 0) is 86.5 Å². The molecule has 0 aliphatic carbocycles. The van der Waals surface area contributed by atoms with Gasteiger partial charge < -0.3 is 15.4 Å². The normalized spacial score (nSPS) is 10.9. The van der Waals surface area contributed by atoms with E-state index in [-0.39, 0.29) is 18.4 Å². The number of anilines is 3. The minimum atomic E-state index is -0.384. The summed E-state index contributed by atoms with van der Waals surface area (Å²) in [4.78, 5) is 29.9. The molecule has 0 bridgehead atoms. The number of thiazole rings is 1. The largest absolute Gasteiger partial charge is 0.483 e. The Bertz CT molecular complexity index is 1820. The number of nitrogens with zero attached hydrogens (tertiary/aromatic N) is 2. The van der Waals surface area contributed by atoms with E-state index in [1.54, 1.807) is 30.3 Å². The van der Waals surface area contributed by atoms with Crippen LogP contribution in [0.5, 0.6) is 5.75 Å². The zero-order chi connectivity index (χ0) is 31.1. The number of carbonyl (C=O) groups excluding carboxylic acids is 2. The number of halogens is 1. The van der Waals surface area contributed by atoms with Crippen LogP contribution in [0.1, 0.15) is 32.6 Å². The second kappa shape index (κ2) is 14.0. The van der Waals surface area contributed by atoms with Crippen LogP contribution in [-0.4, -0.2) is 29.6 Å². The molecule has 0 saturated carbocycles. The van der Waals surface area contributed by atoms with Crippen LogP contribution in [0.2, 0.25) is 5.02 Å². The Morgan fingerprint density at radius 1 is 0.909 bits per heavy atom. The van der Waals surface area contributed by atoms with Crippen molar-refractivity contribution < 1.29 is 14.3 Å². The summed E-state index contributed by atoms with van der Waals surface area (Å²) in [6, 6.07) is 25.9. The summed E-state index contributed by atoms with van der Waals surface area (Å²) in [6.07, 6.45) is 1.42. The Labute approximate surface area is 264 Å². The summed E-state index contributed by atoms with van der Waals surface area (Å²) in [5.41, 5.74) is 10.3. The molecule has 3 N–H and O–H groups in total. The van der Waals surface area contributed by atoms with E-state index in [4.69, 9.17) is 16.3 Å². The second-order valence-electron chi connectivity index (χ2n) is 10.1. The van der Waals surface area contributed by atoms with Crippen LogP contribution in [0.3, 0.4) is 0 Å². The van der Waals surface area contributed by atoms with Crippen LogP contribution in [-0.2, 0) is 4.79 Å². The van der Waals surface area contributed by atoms with Crippen molar-refractivity contribution in [3.05, 3.63) is 123 Å². The lowest BCUT2D eigenvalue weighted by Gasteiger charge is -2.11. The fourth-order valence-corrected chi connectivity index (χ4v) is 5.07. The summed E-state index contributed by atoms with van der Waals surface area (Å²) in [5, 5.41) is 13.4. The molecule has 10 heteroatoms. The highest BCUT2D eigenvalue weighted by atomic mass is 35.5. The Balaban J connectivity index is 1.16. The number of carbonyl (C=O) groups is 2. The first-order valence-corrected chi connectivity index (χ1v) is 15.0. The maximum absolute atomic E-state index is 12.7. The summed E-state index contributed by atoms with van der Waals surface area (Å²) in [7, 11) is 0. The summed E-state index contributed by atoms with van der Waals surface area (Å²) < 4.78 is 5.73. The molecule has 0 spiro atoms.